The van der Waals surface area contributed by atoms with Gasteiger partial charge < -0.3 is 9.47 Å². The van der Waals surface area contributed by atoms with E-state index in [-0.39, 0.29) is 6.04 Å². The van der Waals surface area contributed by atoms with E-state index in [0.717, 1.165) is 17.7 Å². The van der Waals surface area contributed by atoms with Gasteiger partial charge in [0, 0.05) is 13.2 Å². The summed E-state index contributed by atoms with van der Waals surface area (Å²) in [5, 5.41) is 4.16. The van der Waals surface area contributed by atoms with Crippen LogP contribution < -0.4 is 20.7 Å². The maximum absolute atomic E-state index is 5.66. The summed E-state index contributed by atoms with van der Waals surface area (Å²) >= 11 is 0. The first kappa shape index (κ1) is 14.4. The van der Waals surface area contributed by atoms with E-state index in [1.54, 1.807) is 20.4 Å². The summed E-state index contributed by atoms with van der Waals surface area (Å²) in [6.07, 6.45) is 2.49. The quantitative estimate of drug-likeness (QED) is 0.612. The molecule has 2 aromatic rings. The zero-order chi connectivity index (χ0) is 14.5. The third-order valence-electron chi connectivity index (χ3n) is 3.30. The average Bonchev–Trinajstić information content (AvgIpc) is 2.90. The maximum atomic E-state index is 5.66. The number of aromatic nitrogens is 2. The first-order valence-electron chi connectivity index (χ1n) is 6.34. The lowest BCUT2D eigenvalue weighted by molar-refractivity contribution is 0.354. The smallest absolute Gasteiger partial charge is 0.160 e. The third-order valence-corrected chi connectivity index (χ3v) is 3.30. The molecule has 1 atom stereocenters. The number of nitrogens with two attached hydrogens (primary N) is 1. The lowest BCUT2D eigenvalue weighted by Gasteiger charge is -2.17. The molecule has 6 nitrogen and oxygen atoms in total. The predicted molar refractivity (Wildman–Crippen MR) is 76.5 cm³/mol. The molecular formula is C14H20N4O2. The Morgan fingerprint density at radius 2 is 2.00 bits per heavy atom. The fourth-order valence-electron chi connectivity index (χ4n) is 2.22. The van der Waals surface area contributed by atoms with Crippen LogP contribution in [0.2, 0.25) is 0 Å². The number of nitrogens with zero attached hydrogens (tertiary/aromatic N) is 2. The van der Waals surface area contributed by atoms with Gasteiger partial charge >= 0.3 is 0 Å². The molecule has 0 amide bonds. The number of hydrogen-bond acceptors (Lipinski definition) is 5. The van der Waals surface area contributed by atoms with Gasteiger partial charge in [-0.25, -0.2) is 0 Å². The van der Waals surface area contributed by atoms with E-state index in [0.29, 0.717) is 11.5 Å². The van der Waals surface area contributed by atoms with Crippen LogP contribution >= 0.6 is 0 Å². The number of ether oxygens (including phenoxy) is 2. The molecule has 1 aromatic heterocycles. The van der Waals surface area contributed by atoms with E-state index in [4.69, 9.17) is 15.3 Å². The van der Waals surface area contributed by atoms with E-state index >= 15 is 0 Å². The Morgan fingerprint density at radius 3 is 2.55 bits per heavy atom. The minimum Gasteiger partial charge on any atom is -0.493 e. The summed E-state index contributed by atoms with van der Waals surface area (Å²) in [4.78, 5) is 0. The van der Waals surface area contributed by atoms with E-state index in [1.807, 2.05) is 36.0 Å². The first-order valence-corrected chi connectivity index (χ1v) is 6.34. The minimum atomic E-state index is -0.0133. The van der Waals surface area contributed by atoms with Gasteiger partial charge in [-0.15, -0.1) is 0 Å². The number of hydrogen-bond donors (Lipinski definition) is 2. The molecule has 0 bridgehead atoms. The highest BCUT2D eigenvalue weighted by atomic mass is 16.5. The molecule has 6 heteroatoms. The molecule has 0 aliphatic carbocycles. The van der Waals surface area contributed by atoms with Crippen molar-refractivity contribution in [2.75, 3.05) is 14.2 Å². The molecule has 0 saturated heterocycles. The van der Waals surface area contributed by atoms with Gasteiger partial charge in [0.1, 0.15) is 0 Å². The van der Waals surface area contributed by atoms with Crippen LogP contribution in [0.4, 0.5) is 0 Å². The Balaban J connectivity index is 2.22. The van der Waals surface area contributed by atoms with Crippen LogP contribution in [0.1, 0.15) is 17.3 Å². The Hall–Kier alpha value is -2.05. The lowest BCUT2D eigenvalue weighted by atomic mass is 10.0. The van der Waals surface area contributed by atoms with Crippen LogP contribution in [0.5, 0.6) is 11.5 Å². The molecule has 1 heterocycles. The van der Waals surface area contributed by atoms with Crippen LogP contribution in [-0.4, -0.2) is 24.0 Å². The highest BCUT2D eigenvalue weighted by Gasteiger charge is 2.15. The summed E-state index contributed by atoms with van der Waals surface area (Å²) in [5.74, 6) is 7.09. The zero-order valence-corrected chi connectivity index (χ0v) is 12.0. The van der Waals surface area contributed by atoms with Crippen molar-refractivity contribution in [2.24, 2.45) is 12.9 Å². The van der Waals surface area contributed by atoms with E-state index < -0.39 is 0 Å². The monoisotopic (exact) mass is 276 g/mol. The number of hydrazine groups is 1. The maximum Gasteiger partial charge on any atom is 0.160 e. The van der Waals surface area contributed by atoms with Gasteiger partial charge in [-0.2, -0.15) is 5.10 Å². The van der Waals surface area contributed by atoms with Crippen LogP contribution in [-0.2, 0) is 13.5 Å². The molecule has 0 aliphatic heterocycles. The molecule has 20 heavy (non-hydrogen) atoms. The van der Waals surface area contributed by atoms with Crippen molar-refractivity contribution in [3.05, 3.63) is 41.7 Å². The molecule has 108 valence electrons. The van der Waals surface area contributed by atoms with Crippen LogP contribution in [0.15, 0.2) is 30.5 Å². The second kappa shape index (κ2) is 6.40. The second-order valence-corrected chi connectivity index (χ2v) is 4.49. The Kier molecular flexibility index (Phi) is 4.60. The minimum absolute atomic E-state index is 0.0133. The third kappa shape index (κ3) is 2.92. The fraction of sp³-hybridized carbons (Fsp3) is 0.357. The molecule has 0 spiro atoms. The highest BCUT2D eigenvalue weighted by Crippen LogP contribution is 2.29. The molecule has 1 aromatic carbocycles. The number of nitrogens with one attached hydrogen (secondary N) is 1. The van der Waals surface area contributed by atoms with Crippen molar-refractivity contribution in [3.63, 3.8) is 0 Å². The van der Waals surface area contributed by atoms with Crippen molar-refractivity contribution in [3.8, 4) is 11.5 Å². The molecule has 2 rings (SSSR count). The largest absolute Gasteiger partial charge is 0.493 e. The number of methoxy groups -OCH3 is 2. The summed E-state index contributed by atoms with van der Waals surface area (Å²) in [5.41, 5.74) is 4.96. The normalized spacial score (nSPS) is 12.2. The second-order valence-electron chi connectivity index (χ2n) is 4.49. The summed E-state index contributed by atoms with van der Waals surface area (Å²) < 4.78 is 12.4. The van der Waals surface area contributed by atoms with Gasteiger partial charge in [-0.3, -0.25) is 16.0 Å². The standard InChI is InChI=1S/C14H20N4O2/c1-18-12(6-7-16-18)11(17-15)8-10-4-5-13(19-2)14(9-10)20-3/h4-7,9,11,17H,8,15H2,1-3H3. The number of aryl methyl sites for hydroxylation is 1. The number of rotatable bonds is 6. The van der Waals surface area contributed by atoms with Gasteiger partial charge in [-0.1, -0.05) is 6.07 Å². The van der Waals surface area contributed by atoms with Crippen molar-refractivity contribution in [1.82, 2.24) is 15.2 Å². The molecular weight excluding hydrogens is 256 g/mol. The Morgan fingerprint density at radius 1 is 1.25 bits per heavy atom. The van der Waals surface area contributed by atoms with Crippen molar-refractivity contribution >= 4 is 0 Å². The topological polar surface area (TPSA) is 74.3 Å². The molecule has 0 radical (unpaired) electrons. The summed E-state index contributed by atoms with van der Waals surface area (Å²) in [6, 6.07) is 7.79. The van der Waals surface area contributed by atoms with Gasteiger partial charge in [-0.05, 0) is 30.2 Å². The fourth-order valence-corrected chi connectivity index (χ4v) is 2.22. The Labute approximate surface area is 118 Å². The lowest BCUT2D eigenvalue weighted by Crippen LogP contribution is -2.31. The van der Waals surface area contributed by atoms with E-state index in [9.17, 15) is 0 Å². The SMILES string of the molecule is COc1ccc(CC(NN)c2ccnn2C)cc1OC. The number of benzene rings is 1. The van der Waals surface area contributed by atoms with Gasteiger partial charge in [0.2, 0.25) is 0 Å². The van der Waals surface area contributed by atoms with Crippen LogP contribution in [0, 0.1) is 0 Å². The first-order chi connectivity index (χ1) is 9.69. The van der Waals surface area contributed by atoms with Crippen LogP contribution in [0.25, 0.3) is 0 Å². The van der Waals surface area contributed by atoms with E-state index in [2.05, 4.69) is 10.5 Å². The highest BCUT2D eigenvalue weighted by molar-refractivity contribution is 5.43. The molecule has 0 fully saturated rings. The molecule has 0 aliphatic rings. The van der Waals surface area contributed by atoms with Crippen molar-refractivity contribution < 1.29 is 9.47 Å². The zero-order valence-electron chi connectivity index (χ0n) is 12.0. The molecule has 1 unspecified atom stereocenters. The van der Waals surface area contributed by atoms with Gasteiger partial charge in [0.05, 0.1) is 26.0 Å². The van der Waals surface area contributed by atoms with Crippen molar-refractivity contribution in [2.45, 2.75) is 12.5 Å². The van der Waals surface area contributed by atoms with Gasteiger partial charge in [0.25, 0.3) is 0 Å². The van der Waals surface area contributed by atoms with Crippen LogP contribution in [0.3, 0.4) is 0 Å². The predicted octanol–water partition coefficient (Wildman–Crippen LogP) is 1.18. The van der Waals surface area contributed by atoms with Gasteiger partial charge in [0.15, 0.2) is 11.5 Å². The molecule has 3 N–H and O–H groups in total. The van der Waals surface area contributed by atoms with Crippen molar-refractivity contribution in [1.29, 1.82) is 0 Å². The Bertz CT molecular complexity index is 568. The van der Waals surface area contributed by atoms with E-state index in [1.165, 1.54) is 0 Å². The molecule has 0 saturated carbocycles. The summed E-state index contributed by atoms with van der Waals surface area (Å²) in [7, 11) is 5.15. The summed E-state index contributed by atoms with van der Waals surface area (Å²) in [6.45, 7) is 0. The average molecular weight is 276 g/mol.